The van der Waals surface area contributed by atoms with Crippen LogP contribution in [-0.4, -0.2) is 43.5 Å². The summed E-state index contributed by atoms with van der Waals surface area (Å²) in [6, 6.07) is 0. The Labute approximate surface area is 87.4 Å². The molecule has 3 nitrogen and oxygen atoms in total. The summed E-state index contributed by atoms with van der Waals surface area (Å²) in [6.45, 7) is 1.37. The van der Waals surface area contributed by atoms with E-state index in [1.165, 1.54) is 7.11 Å². The minimum Gasteiger partial charge on any atom is -0.468 e. The topological polar surface area (TPSA) is 29.5 Å². The average Bonchev–Trinajstić information content (AvgIpc) is 2.72. The normalized spacial score (nSPS) is 27.7. The zero-order valence-corrected chi connectivity index (χ0v) is 8.76. The summed E-state index contributed by atoms with van der Waals surface area (Å²) in [5, 5.41) is 0. The average molecular weight is 219 g/mol. The number of piperidine rings is 1. The smallest absolute Gasteiger partial charge is 0.319 e. The number of esters is 1. The first-order chi connectivity index (χ1) is 6.99. The van der Waals surface area contributed by atoms with Gasteiger partial charge in [0.05, 0.1) is 13.7 Å². The summed E-state index contributed by atoms with van der Waals surface area (Å²) >= 11 is 0. The highest BCUT2D eigenvalue weighted by molar-refractivity contribution is 5.71. The molecule has 5 heteroatoms. The number of likely N-dealkylation sites (tertiary alicyclic amines) is 1. The quantitative estimate of drug-likeness (QED) is 0.655. The predicted octanol–water partition coefficient (Wildman–Crippen LogP) is 1.28. The molecule has 1 spiro atoms. The highest BCUT2D eigenvalue weighted by Crippen LogP contribution is 2.65. The van der Waals surface area contributed by atoms with E-state index in [1.807, 2.05) is 4.90 Å². The van der Waals surface area contributed by atoms with Gasteiger partial charge < -0.3 is 4.74 Å². The summed E-state index contributed by atoms with van der Waals surface area (Å²) in [4.78, 5) is 12.9. The van der Waals surface area contributed by atoms with E-state index in [1.54, 1.807) is 0 Å². The summed E-state index contributed by atoms with van der Waals surface area (Å²) < 4.78 is 30.6. The molecule has 0 atom stereocenters. The van der Waals surface area contributed by atoms with Crippen molar-refractivity contribution in [3.63, 3.8) is 0 Å². The summed E-state index contributed by atoms with van der Waals surface area (Å²) in [5.41, 5.74) is -0.736. The van der Waals surface area contributed by atoms with E-state index in [4.69, 9.17) is 0 Å². The summed E-state index contributed by atoms with van der Waals surface area (Å²) in [7, 11) is 1.34. The molecule has 1 heterocycles. The van der Waals surface area contributed by atoms with Crippen LogP contribution in [0.25, 0.3) is 0 Å². The SMILES string of the molecule is COC(=O)CN1CCC2(CC1)CC2(F)F. The zero-order valence-electron chi connectivity index (χ0n) is 8.76. The van der Waals surface area contributed by atoms with Crippen molar-refractivity contribution in [2.24, 2.45) is 5.41 Å². The van der Waals surface area contributed by atoms with Crippen LogP contribution in [0.15, 0.2) is 0 Å². The molecule has 0 amide bonds. The van der Waals surface area contributed by atoms with Crippen LogP contribution in [0.5, 0.6) is 0 Å². The third kappa shape index (κ3) is 1.85. The van der Waals surface area contributed by atoms with E-state index < -0.39 is 11.3 Å². The summed E-state index contributed by atoms with van der Waals surface area (Å²) in [6.07, 6.45) is 1.03. The van der Waals surface area contributed by atoms with E-state index >= 15 is 0 Å². The van der Waals surface area contributed by atoms with Crippen LogP contribution in [0, 0.1) is 5.41 Å². The van der Waals surface area contributed by atoms with Gasteiger partial charge in [0.2, 0.25) is 0 Å². The minimum absolute atomic E-state index is 0.0338. The number of methoxy groups -OCH3 is 1. The van der Waals surface area contributed by atoms with Crippen molar-refractivity contribution in [1.82, 2.24) is 4.90 Å². The molecule has 1 aliphatic carbocycles. The van der Waals surface area contributed by atoms with Crippen molar-refractivity contribution in [2.45, 2.75) is 25.2 Å². The molecule has 0 bridgehead atoms. The molecule has 2 rings (SSSR count). The second-order valence-electron chi connectivity index (χ2n) is 4.51. The van der Waals surface area contributed by atoms with Gasteiger partial charge in [-0.3, -0.25) is 9.69 Å². The van der Waals surface area contributed by atoms with E-state index in [9.17, 15) is 13.6 Å². The van der Waals surface area contributed by atoms with Gasteiger partial charge >= 0.3 is 5.97 Å². The fourth-order valence-electron chi connectivity index (χ4n) is 2.31. The maximum absolute atomic E-state index is 13.0. The van der Waals surface area contributed by atoms with Crippen molar-refractivity contribution in [2.75, 3.05) is 26.7 Å². The molecule has 0 unspecified atom stereocenters. The number of carbonyl (C=O) groups is 1. The fourth-order valence-corrected chi connectivity index (χ4v) is 2.31. The maximum Gasteiger partial charge on any atom is 0.319 e. The number of halogens is 2. The highest BCUT2D eigenvalue weighted by Gasteiger charge is 2.70. The van der Waals surface area contributed by atoms with Gasteiger partial charge in [-0.15, -0.1) is 0 Å². The van der Waals surface area contributed by atoms with Gasteiger partial charge in [0.25, 0.3) is 5.92 Å². The van der Waals surface area contributed by atoms with Gasteiger partial charge in [-0.1, -0.05) is 0 Å². The van der Waals surface area contributed by atoms with E-state index in [2.05, 4.69) is 4.74 Å². The largest absolute Gasteiger partial charge is 0.468 e. The lowest BCUT2D eigenvalue weighted by Crippen LogP contribution is -2.39. The van der Waals surface area contributed by atoms with Crippen molar-refractivity contribution in [3.05, 3.63) is 0 Å². The molecule has 0 N–H and O–H groups in total. The molecule has 1 saturated carbocycles. The van der Waals surface area contributed by atoms with Crippen molar-refractivity contribution < 1.29 is 18.3 Å². The Bertz CT molecular complexity index is 273. The van der Waals surface area contributed by atoms with Gasteiger partial charge in [0, 0.05) is 11.8 Å². The van der Waals surface area contributed by atoms with E-state index in [-0.39, 0.29) is 18.9 Å². The minimum atomic E-state index is -2.45. The Balaban J connectivity index is 1.81. The third-order valence-corrected chi connectivity index (χ3v) is 3.60. The van der Waals surface area contributed by atoms with E-state index in [0.29, 0.717) is 25.9 Å². The number of rotatable bonds is 2. The molecule has 2 aliphatic rings. The Hall–Kier alpha value is -0.710. The number of nitrogens with zero attached hydrogens (tertiary/aromatic N) is 1. The Morgan fingerprint density at radius 1 is 1.40 bits per heavy atom. The van der Waals surface area contributed by atoms with Crippen molar-refractivity contribution in [1.29, 1.82) is 0 Å². The molecule has 0 aromatic carbocycles. The monoisotopic (exact) mass is 219 g/mol. The molecule has 2 fully saturated rings. The highest BCUT2D eigenvalue weighted by atomic mass is 19.3. The van der Waals surface area contributed by atoms with Gasteiger partial charge in [0.15, 0.2) is 0 Å². The second kappa shape index (κ2) is 3.40. The lowest BCUT2D eigenvalue weighted by atomic mass is 9.93. The van der Waals surface area contributed by atoms with Gasteiger partial charge in [-0.05, 0) is 25.9 Å². The van der Waals surface area contributed by atoms with Crippen LogP contribution in [0.2, 0.25) is 0 Å². The second-order valence-corrected chi connectivity index (χ2v) is 4.51. The number of alkyl halides is 2. The lowest BCUT2D eigenvalue weighted by molar-refractivity contribution is -0.142. The molecule has 15 heavy (non-hydrogen) atoms. The fraction of sp³-hybridized carbons (Fsp3) is 0.900. The molecular weight excluding hydrogens is 204 g/mol. The number of hydrogen-bond acceptors (Lipinski definition) is 3. The van der Waals surface area contributed by atoms with Crippen LogP contribution in [-0.2, 0) is 9.53 Å². The molecule has 1 saturated heterocycles. The van der Waals surface area contributed by atoms with Crippen LogP contribution in [0.1, 0.15) is 19.3 Å². The van der Waals surface area contributed by atoms with Gasteiger partial charge in [0.1, 0.15) is 0 Å². The van der Waals surface area contributed by atoms with Crippen molar-refractivity contribution in [3.8, 4) is 0 Å². The maximum atomic E-state index is 13.0. The standard InChI is InChI=1S/C10H15F2NO2/c1-15-8(14)6-13-4-2-9(3-5-13)7-10(9,11)12/h2-7H2,1H3. The van der Waals surface area contributed by atoms with E-state index in [0.717, 1.165) is 0 Å². The Morgan fingerprint density at radius 3 is 2.33 bits per heavy atom. The number of hydrogen-bond donors (Lipinski definition) is 0. The lowest BCUT2D eigenvalue weighted by Gasteiger charge is -2.31. The molecule has 0 radical (unpaired) electrons. The van der Waals surface area contributed by atoms with Gasteiger partial charge in [-0.25, -0.2) is 8.78 Å². The third-order valence-electron chi connectivity index (χ3n) is 3.60. The first-order valence-corrected chi connectivity index (χ1v) is 5.16. The number of carbonyl (C=O) groups excluding carboxylic acids is 1. The van der Waals surface area contributed by atoms with Crippen LogP contribution in [0.3, 0.4) is 0 Å². The van der Waals surface area contributed by atoms with Crippen molar-refractivity contribution >= 4 is 5.97 Å². The molecule has 0 aromatic heterocycles. The number of ether oxygens (including phenoxy) is 1. The van der Waals surface area contributed by atoms with Gasteiger partial charge in [-0.2, -0.15) is 0 Å². The van der Waals surface area contributed by atoms with Crippen LogP contribution < -0.4 is 0 Å². The van der Waals surface area contributed by atoms with Crippen LogP contribution in [0.4, 0.5) is 8.78 Å². The van der Waals surface area contributed by atoms with Crippen LogP contribution >= 0.6 is 0 Å². The summed E-state index contributed by atoms with van der Waals surface area (Å²) in [5.74, 6) is -2.75. The molecule has 86 valence electrons. The molecule has 1 aliphatic heterocycles. The predicted molar refractivity (Wildman–Crippen MR) is 49.7 cm³/mol. The Kier molecular flexibility index (Phi) is 2.45. The molecule has 0 aromatic rings. The first-order valence-electron chi connectivity index (χ1n) is 5.16. The molecular formula is C10H15F2NO2. The zero-order chi connectivity index (χ0) is 11.1. The Morgan fingerprint density at radius 2 is 1.93 bits per heavy atom. The first kappa shape index (κ1) is 10.8.